The Morgan fingerprint density at radius 2 is 1.25 bits per heavy atom. The zero-order chi connectivity index (χ0) is 28.4. The molecular formula is C34H39ClO3Si2. The van der Waals surface area contributed by atoms with E-state index >= 15 is 0 Å². The molecule has 0 spiro atoms. The van der Waals surface area contributed by atoms with Crippen LogP contribution in [0, 0.1) is 0 Å². The first-order valence-electron chi connectivity index (χ1n) is 14.0. The van der Waals surface area contributed by atoms with Gasteiger partial charge in [-0.05, 0) is 38.8 Å². The van der Waals surface area contributed by atoms with Gasteiger partial charge in [-0.15, -0.1) is 0 Å². The quantitative estimate of drug-likeness (QED) is 0.119. The summed E-state index contributed by atoms with van der Waals surface area (Å²) in [5.41, 5.74) is 0.189. The molecule has 0 N–H and O–H groups in total. The van der Waals surface area contributed by atoms with Gasteiger partial charge in [0.05, 0.1) is 13.8 Å². The number of hydrogen-bond donors (Lipinski definition) is 0. The van der Waals surface area contributed by atoms with Crippen molar-refractivity contribution >= 4 is 43.6 Å². The average Bonchev–Trinajstić information content (AvgIpc) is 3.76. The average molecular weight is 587 g/mol. The molecule has 5 rings (SSSR count). The van der Waals surface area contributed by atoms with Gasteiger partial charge in [-0.25, -0.2) is 0 Å². The molecule has 4 aromatic carbocycles. The van der Waals surface area contributed by atoms with Crippen molar-refractivity contribution in [1.82, 2.24) is 0 Å². The van der Waals surface area contributed by atoms with Crippen molar-refractivity contribution in [1.29, 1.82) is 0 Å². The summed E-state index contributed by atoms with van der Waals surface area (Å²) in [5.74, 6) is 0.733. The molecule has 4 aromatic rings. The number of benzene rings is 4. The van der Waals surface area contributed by atoms with E-state index in [9.17, 15) is 0 Å². The molecule has 3 atom stereocenters. The van der Waals surface area contributed by atoms with Crippen LogP contribution in [-0.2, 0) is 9.16 Å². The fourth-order valence-corrected chi connectivity index (χ4v) is 11.9. The molecule has 0 aromatic heterocycles. The molecule has 1 aliphatic rings. The van der Waals surface area contributed by atoms with Crippen LogP contribution in [0.15, 0.2) is 115 Å². The molecule has 2 unspecified atom stereocenters. The Bertz CT molecular complexity index is 1290. The Morgan fingerprint density at radius 1 is 0.750 bits per heavy atom. The summed E-state index contributed by atoms with van der Waals surface area (Å²) in [6.45, 7) is 12.3. The SMILES string of the molecule is CC(C)(C)[Si](C)(C)C1OC1[C@H](COc1cccc(Cl)c1)O[Si](c1ccccc1)(c1ccccc1)c1ccccc1. The Morgan fingerprint density at radius 3 is 1.70 bits per heavy atom. The molecule has 0 saturated carbocycles. The summed E-state index contributed by atoms with van der Waals surface area (Å²) < 4.78 is 20.6. The fourth-order valence-electron chi connectivity index (χ4n) is 5.29. The number of rotatable bonds is 10. The second-order valence-corrected chi connectivity index (χ2v) is 21.5. The topological polar surface area (TPSA) is 31.0 Å². The molecule has 1 saturated heterocycles. The van der Waals surface area contributed by atoms with Gasteiger partial charge in [0.2, 0.25) is 0 Å². The highest BCUT2D eigenvalue weighted by atomic mass is 35.5. The van der Waals surface area contributed by atoms with Crippen molar-refractivity contribution in [2.24, 2.45) is 0 Å². The molecule has 0 radical (unpaired) electrons. The number of hydrogen-bond acceptors (Lipinski definition) is 3. The standard InChI is InChI=1S/C34H39ClO3Si2/c1-34(2,3)39(4,5)33-32(37-33)31(25-36-27-17-15-16-26(35)24-27)38-40(28-18-9-6-10-19-28,29-20-11-7-12-21-29)30-22-13-8-14-23-30/h6-24,31-33H,25H2,1-5H3/t31-,32?,33?/m0/s1. The summed E-state index contributed by atoms with van der Waals surface area (Å²) in [4.78, 5) is 0. The Hall–Kier alpha value is -2.68. The summed E-state index contributed by atoms with van der Waals surface area (Å²) >= 11 is 6.29. The third-order valence-electron chi connectivity index (χ3n) is 8.62. The van der Waals surface area contributed by atoms with E-state index in [2.05, 4.69) is 125 Å². The van der Waals surface area contributed by atoms with Gasteiger partial charge in [0.1, 0.15) is 24.6 Å². The predicted octanol–water partition coefficient (Wildman–Crippen LogP) is 6.59. The lowest BCUT2D eigenvalue weighted by Crippen LogP contribution is -2.71. The lowest BCUT2D eigenvalue weighted by Gasteiger charge is -2.38. The van der Waals surface area contributed by atoms with Gasteiger partial charge < -0.3 is 13.9 Å². The van der Waals surface area contributed by atoms with Crippen LogP contribution in [0.4, 0.5) is 0 Å². The Balaban J connectivity index is 1.61. The molecule has 0 aliphatic carbocycles. The zero-order valence-electron chi connectivity index (χ0n) is 24.0. The van der Waals surface area contributed by atoms with Crippen LogP contribution >= 0.6 is 11.6 Å². The van der Waals surface area contributed by atoms with Crippen molar-refractivity contribution in [3.8, 4) is 5.75 Å². The van der Waals surface area contributed by atoms with Crippen LogP contribution in [0.25, 0.3) is 0 Å². The number of halogens is 1. The van der Waals surface area contributed by atoms with Crippen LogP contribution in [0.3, 0.4) is 0 Å². The first-order chi connectivity index (χ1) is 19.1. The smallest absolute Gasteiger partial charge is 0.288 e. The Labute approximate surface area is 246 Å². The maximum Gasteiger partial charge on any atom is 0.288 e. The highest BCUT2D eigenvalue weighted by molar-refractivity contribution is 7.07. The van der Waals surface area contributed by atoms with Crippen molar-refractivity contribution in [2.75, 3.05) is 6.61 Å². The number of ether oxygens (including phenoxy) is 2. The monoisotopic (exact) mass is 586 g/mol. The minimum atomic E-state index is -2.96. The molecule has 3 nitrogen and oxygen atoms in total. The third kappa shape index (κ3) is 5.85. The first kappa shape index (κ1) is 28.8. The molecule has 6 heteroatoms. The van der Waals surface area contributed by atoms with E-state index in [-0.39, 0.29) is 23.0 Å². The van der Waals surface area contributed by atoms with Crippen molar-refractivity contribution in [3.63, 3.8) is 0 Å². The van der Waals surface area contributed by atoms with Crippen LogP contribution in [0.2, 0.25) is 23.2 Å². The van der Waals surface area contributed by atoms with E-state index in [4.69, 9.17) is 25.5 Å². The zero-order valence-corrected chi connectivity index (χ0v) is 26.8. The van der Waals surface area contributed by atoms with E-state index in [1.165, 1.54) is 15.6 Å². The van der Waals surface area contributed by atoms with Crippen LogP contribution in [-0.4, -0.2) is 40.9 Å². The molecular weight excluding hydrogens is 548 g/mol. The highest BCUT2D eigenvalue weighted by Gasteiger charge is 2.60. The molecule has 1 heterocycles. The largest absolute Gasteiger partial charge is 0.491 e. The van der Waals surface area contributed by atoms with Crippen molar-refractivity contribution in [3.05, 3.63) is 120 Å². The summed E-state index contributed by atoms with van der Waals surface area (Å²) in [6.07, 6.45) is -0.312. The van der Waals surface area contributed by atoms with E-state index in [0.29, 0.717) is 11.6 Å². The second-order valence-electron chi connectivity index (χ2n) is 12.2. The minimum absolute atomic E-state index is 0.0388. The third-order valence-corrected chi connectivity index (χ3v) is 18.7. The summed E-state index contributed by atoms with van der Waals surface area (Å²) in [5, 5.41) is 4.44. The van der Waals surface area contributed by atoms with Gasteiger partial charge in [-0.3, -0.25) is 0 Å². The summed E-state index contributed by atoms with van der Waals surface area (Å²) in [6, 6.07) is 39.7. The lowest BCUT2D eigenvalue weighted by atomic mass is 10.2. The molecule has 0 bridgehead atoms. The molecule has 0 amide bonds. The molecule has 1 fully saturated rings. The van der Waals surface area contributed by atoms with E-state index < -0.39 is 16.4 Å². The maximum atomic E-state index is 7.59. The van der Waals surface area contributed by atoms with Crippen molar-refractivity contribution in [2.45, 2.75) is 56.8 Å². The highest BCUT2D eigenvalue weighted by Crippen LogP contribution is 2.47. The van der Waals surface area contributed by atoms with Crippen LogP contribution in [0.1, 0.15) is 20.8 Å². The normalized spacial score (nSPS) is 18.2. The van der Waals surface area contributed by atoms with Crippen molar-refractivity contribution < 1.29 is 13.9 Å². The predicted molar refractivity (Wildman–Crippen MR) is 172 cm³/mol. The fraction of sp³-hybridized carbons (Fsp3) is 0.294. The van der Waals surface area contributed by atoms with Gasteiger partial charge in [0.15, 0.2) is 0 Å². The van der Waals surface area contributed by atoms with Gasteiger partial charge in [0, 0.05) is 5.02 Å². The number of epoxide rings is 1. The van der Waals surface area contributed by atoms with E-state index in [1.807, 2.05) is 24.3 Å². The molecule has 1 aliphatic heterocycles. The first-order valence-corrected chi connectivity index (χ1v) is 19.4. The van der Waals surface area contributed by atoms with Crippen LogP contribution < -0.4 is 20.3 Å². The van der Waals surface area contributed by atoms with Crippen LogP contribution in [0.5, 0.6) is 5.75 Å². The molecule has 208 valence electrons. The summed E-state index contributed by atoms with van der Waals surface area (Å²) in [7, 11) is -4.75. The van der Waals surface area contributed by atoms with E-state index in [1.54, 1.807) is 0 Å². The minimum Gasteiger partial charge on any atom is -0.491 e. The van der Waals surface area contributed by atoms with Gasteiger partial charge in [0.25, 0.3) is 8.32 Å². The maximum absolute atomic E-state index is 7.59. The van der Waals surface area contributed by atoms with Gasteiger partial charge in [-0.1, -0.05) is 143 Å². The van der Waals surface area contributed by atoms with Gasteiger partial charge in [-0.2, -0.15) is 0 Å². The molecule has 40 heavy (non-hydrogen) atoms. The lowest BCUT2D eigenvalue weighted by molar-refractivity contribution is 0.0997. The van der Waals surface area contributed by atoms with Gasteiger partial charge >= 0.3 is 0 Å². The van der Waals surface area contributed by atoms with E-state index in [0.717, 1.165) is 5.75 Å². The second kappa shape index (κ2) is 11.7. The Kier molecular flexibility index (Phi) is 8.41.